The summed E-state index contributed by atoms with van der Waals surface area (Å²) in [5.74, 6) is -1.76. The van der Waals surface area contributed by atoms with Crippen LogP contribution in [0.3, 0.4) is 0 Å². The first-order valence-electron chi connectivity index (χ1n) is 8.28. The maximum absolute atomic E-state index is 12.6. The first-order valence-corrected chi connectivity index (χ1v) is 8.28. The van der Waals surface area contributed by atoms with Crippen molar-refractivity contribution in [2.75, 3.05) is 13.2 Å². The van der Waals surface area contributed by atoms with Gasteiger partial charge >= 0.3 is 12.1 Å². The highest BCUT2D eigenvalue weighted by Gasteiger charge is 2.30. The fourth-order valence-electron chi connectivity index (χ4n) is 2.30. The molecule has 0 fully saturated rings. The molecule has 2 N–H and O–H groups in total. The molecule has 0 aliphatic heterocycles. The minimum Gasteiger partial charge on any atom is -0.504 e. The highest BCUT2D eigenvalue weighted by molar-refractivity contribution is 5.96. The second-order valence-corrected chi connectivity index (χ2v) is 5.78. The van der Waals surface area contributed by atoms with Crippen molar-refractivity contribution in [3.8, 4) is 5.75 Å². The smallest absolute Gasteiger partial charge is 0.416 e. The number of amides is 1. The zero-order valence-corrected chi connectivity index (χ0v) is 15.1. The van der Waals surface area contributed by atoms with Gasteiger partial charge in [-0.2, -0.15) is 13.2 Å². The van der Waals surface area contributed by atoms with E-state index in [2.05, 4.69) is 20.0 Å². The van der Waals surface area contributed by atoms with E-state index in [1.165, 1.54) is 19.1 Å². The third-order valence-corrected chi connectivity index (χ3v) is 3.66. The number of nitrogens with one attached hydrogen (secondary N) is 1. The Balaban J connectivity index is 2.18. The SMILES string of the molecule is CCOC(=O)CNC(=O)c1nc(Cc2ccc(C(F)(F)F)cc2)nc(C)c1O. The summed E-state index contributed by atoms with van der Waals surface area (Å²) in [4.78, 5) is 31.5. The van der Waals surface area contributed by atoms with Crippen LogP contribution in [0, 0.1) is 6.92 Å². The number of rotatable bonds is 6. The third-order valence-electron chi connectivity index (χ3n) is 3.66. The second-order valence-electron chi connectivity index (χ2n) is 5.78. The van der Waals surface area contributed by atoms with Crippen molar-refractivity contribution in [2.24, 2.45) is 0 Å². The van der Waals surface area contributed by atoms with Crippen LogP contribution in [-0.4, -0.2) is 40.1 Å². The number of hydrogen-bond acceptors (Lipinski definition) is 6. The Morgan fingerprint density at radius 1 is 1.18 bits per heavy atom. The van der Waals surface area contributed by atoms with E-state index in [0.29, 0.717) is 5.56 Å². The molecule has 7 nitrogen and oxygen atoms in total. The number of benzene rings is 1. The second kappa shape index (κ2) is 8.68. The number of carbonyl (C=O) groups excluding carboxylic acids is 2. The molecule has 1 heterocycles. The molecule has 0 bridgehead atoms. The van der Waals surface area contributed by atoms with Gasteiger partial charge in [0.1, 0.15) is 12.4 Å². The van der Waals surface area contributed by atoms with Gasteiger partial charge in [-0.1, -0.05) is 12.1 Å². The van der Waals surface area contributed by atoms with Crippen LogP contribution in [-0.2, 0) is 22.1 Å². The molecule has 1 amide bonds. The Morgan fingerprint density at radius 2 is 1.82 bits per heavy atom. The first kappa shape index (κ1) is 21.1. The van der Waals surface area contributed by atoms with Crippen molar-refractivity contribution in [2.45, 2.75) is 26.4 Å². The van der Waals surface area contributed by atoms with Crippen molar-refractivity contribution < 1.29 is 32.6 Å². The number of hydrogen-bond donors (Lipinski definition) is 2. The van der Waals surface area contributed by atoms with E-state index in [4.69, 9.17) is 0 Å². The molecule has 2 aromatic rings. The molecule has 150 valence electrons. The summed E-state index contributed by atoms with van der Waals surface area (Å²) in [6, 6.07) is 4.45. The van der Waals surface area contributed by atoms with E-state index in [1.54, 1.807) is 6.92 Å². The Hall–Kier alpha value is -3.17. The fraction of sp³-hybridized carbons (Fsp3) is 0.333. The monoisotopic (exact) mass is 397 g/mol. The average molecular weight is 397 g/mol. The summed E-state index contributed by atoms with van der Waals surface area (Å²) < 4.78 is 42.6. The lowest BCUT2D eigenvalue weighted by Crippen LogP contribution is -2.31. The number of carbonyl (C=O) groups is 2. The number of aromatic nitrogens is 2. The van der Waals surface area contributed by atoms with Gasteiger partial charge in [0.2, 0.25) is 0 Å². The van der Waals surface area contributed by atoms with E-state index in [1.807, 2.05) is 0 Å². The van der Waals surface area contributed by atoms with Crippen LogP contribution in [0.1, 0.15) is 40.1 Å². The molecule has 1 aromatic heterocycles. The lowest BCUT2D eigenvalue weighted by atomic mass is 10.1. The van der Waals surface area contributed by atoms with Crippen molar-refractivity contribution in [3.63, 3.8) is 0 Å². The Labute approximate surface area is 158 Å². The highest BCUT2D eigenvalue weighted by atomic mass is 19.4. The Kier molecular flexibility index (Phi) is 6.55. The number of halogens is 3. The van der Waals surface area contributed by atoms with E-state index < -0.39 is 35.9 Å². The molecule has 0 aliphatic carbocycles. The third kappa shape index (κ3) is 5.41. The molecule has 0 aliphatic rings. The zero-order chi connectivity index (χ0) is 20.9. The van der Waals surface area contributed by atoms with Crippen LogP contribution in [0.4, 0.5) is 13.2 Å². The van der Waals surface area contributed by atoms with Crippen LogP contribution in [0.15, 0.2) is 24.3 Å². The summed E-state index contributed by atoms with van der Waals surface area (Å²) in [6.07, 6.45) is -4.38. The van der Waals surface area contributed by atoms with Crippen LogP contribution in [0.2, 0.25) is 0 Å². The van der Waals surface area contributed by atoms with Crippen LogP contribution < -0.4 is 5.32 Å². The van der Waals surface area contributed by atoms with Gasteiger partial charge in [0, 0.05) is 6.42 Å². The zero-order valence-electron chi connectivity index (χ0n) is 15.1. The van der Waals surface area contributed by atoms with Gasteiger partial charge in [-0.05, 0) is 31.5 Å². The van der Waals surface area contributed by atoms with Crippen molar-refractivity contribution in [1.82, 2.24) is 15.3 Å². The van der Waals surface area contributed by atoms with Crippen molar-refractivity contribution in [3.05, 3.63) is 52.6 Å². The predicted octanol–water partition coefficient (Wildman–Crippen LogP) is 2.39. The van der Waals surface area contributed by atoms with Crippen molar-refractivity contribution >= 4 is 11.9 Å². The number of aromatic hydroxyl groups is 1. The molecular weight excluding hydrogens is 379 g/mol. The summed E-state index contributed by atoms with van der Waals surface area (Å²) in [7, 11) is 0. The summed E-state index contributed by atoms with van der Waals surface area (Å²) in [5.41, 5.74) is -0.494. The lowest BCUT2D eigenvalue weighted by molar-refractivity contribution is -0.142. The van der Waals surface area contributed by atoms with Crippen LogP contribution in [0.25, 0.3) is 0 Å². The fourth-order valence-corrected chi connectivity index (χ4v) is 2.30. The molecule has 2 rings (SSSR count). The molecule has 0 unspecified atom stereocenters. The normalized spacial score (nSPS) is 11.2. The van der Waals surface area contributed by atoms with Gasteiger partial charge < -0.3 is 15.2 Å². The number of alkyl halides is 3. The quantitative estimate of drug-likeness (QED) is 0.726. The number of aryl methyl sites for hydroxylation is 1. The van der Waals surface area contributed by atoms with Crippen molar-refractivity contribution in [1.29, 1.82) is 0 Å². The summed E-state index contributed by atoms with van der Waals surface area (Å²) in [5, 5.41) is 12.3. The summed E-state index contributed by atoms with van der Waals surface area (Å²) >= 11 is 0. The molecule has 10 heteroatoms. The van der Waals surface area contributed by atoms with Crippen LogP contribution in [0.5, 0.6) is 5.75 Å². The van der Waals surface area contributed by atoms with Gasteiger partial charge in [-0.25, -0.2) is 9.97 Å². The Morgan fingerprint density at radius 3 is 2.39 bits per heavy atom. The Bertz CT molecular complexity index is 868. The summed E-state index contributed by atoms with van der Waals surface area (Å²) in [6.45, 7) is 2.83. The molecule has 0 radical (unpaired) electrons. The standard InChI is InChI=1S/C18H18F3N3O4/c1-3-28-14(25)9-22-17(27)15-16(26)10(2)23-13(24-15)8-11-4-6-12(7-5-11)18(19,20)21/h4-7,26H,3,8-9H2,1-2H3,(H,22,27). The van der Waals surface area contributed by atoms with Crippen LogP contribution >= 0.6 is 0 Å². The minimum atomic E-state index is -4.44. The molecule has 0 atom stereocenters. The molecule has 0 saturated heterocycles. The largest absolute Gasteiger partial charge is 0.504 e. The molecule has 28 heavy (non-hydrogen) atoms. The average Bonchev–Trinajstić information content (AvgIpc) is 2.62. The minimum absolute atomic E-state index is 0.0530. The molecule has 1 aromatic carbocycles. The van der Waals surface area contributed by atoms with Gasteiger partial charge in [0.15, 0.2) is 11.4 Å². The number of nitrogens with zero attached hydrogens (tertiary/aromatic N) is 2. The predicted molar refractivity (Wildman–Crippen MR) is 91.7 cm³/mol. The van der Waals surface area contributed by atoms with Gasteiger partial charge in [0.05, 0.1) is 17.9 Å². The van der Waals surface area contributed by atoms with E-state index >= 15 is 0 Å². The first-order chi connectivity index (χ1) is 13.1. The van der Waals surface area contributed by atoms with E-state index in [0.717, 1.165) is 12.1 Å². The molecule has 0 spiro atoms. The molecule has 0 saturated carbocycles. The van der Waals surface area contributed by atoms with Gasteiger partial charge in [-0.3, -0.25) is 9.59 Å². The van der Waals surface area contributed by atoms with E-state index in [-0.39, 0.29) is 30.2 Å². The maximum atomic E-state index is 12.6. The van der Waals surface area contributed by atoms with Gasteiger partial charge in [-0.15, -0.1) is 0 Å². The molecular formula is C18H18F3N3O4. The highest BCUT2D eigenvalue weighted by Crippen LogP contribution is 2.29. The maximum Gasteiger partial charge on any atom is 0.416 e. The number of esters is 1. The van der Waals surface area contributed by atoms with E-state index in [9.17, 15) is 27.9 Å². The number of ether oxygens (including phenoxy) is 1. The topological polar surface area (TPSA) is 101 Å². The lowest BCUT2D eigenvalue weighted by Gasteiger charge is -2.10. The van der Waals surface area contributed by atoms with Gasteiger partial charge in [0.25, 0.3) is 5.91 Å².